The first kappa shape index (κ1) is 9.77. The second kappa shape index (κ2) is 5.55. The van der Waals surface area contributed by atoms with Gasteiger partial charge in [0, 0.05) is 13.0 Å². The van der Waals surface area contributed by atoms with Crippen LogP contribution in [0.2, 0.25) is 0 Å². The van der Waals surface area contributed by atoms with Crippen LogP contribution in [0, 0.1) is 0 Å². The van der Waals surface area contributed by atoms with Gasteiger partial charge in [-0.05, 0) is 0 Å². The number of ether oxygens (including phenoxy) is 1. The number of carbonyl (C=O) groups excluding carboxylic acids is 1. The zero-order valence-corrected chi connectivity index (χ0v) is 5.86. The normalized spacial score (nSPS) is 11.2. The lowest BCUT2D eigenvalue weighted by Crippen LogP contribution is -2.09. The van der Waals surface area contributed by atoms with Crippen molar-refractivity contribution < 1.29 is 24.9 Å². The summed E-state index contributed by atoms with van der Waals surface area (Å²) in [4.78, 5) is 10.5. The minimum Gasteiger partial charge on any atom is -0.511 e. The molecule has 0 spiro atoms. The third kappa shape index (κ3) is 4.21. The Balaban J connectivity index is 3.53. The average Bonchev–Trinajstić information content (AvgIpc) is 2.03. The van der Waals surface area contributed by atoms with Crippen molar-refractivity contribution in [3.05, 3.63) is 12.0 Å². The van der Waals surface area contributed by atoms with Crippen LogP contribution in [0.4, 0.5) is 0 Å². The molecule has 0 heterocycles. The van der Waals surface area contributed by atoms with Crippen LogP contribution in [0.5, 0.6) is 0 Å². The van der Waals surface area contributed by atoms with Crippen molar-refractivity contribution in [3.63, 3.8) is 0 Å². The van der Waals surface area contributed by atoms with Crippen molar-refractivity contribution in [1.29, 1.82) is 0 Å². The lowest BCUT2D eigenvalue weighted by Gasteiger charge is -2.00. The molecule has 0 saturated heterocycles. The molecule has 0 bridgehead atoms. The molecule has 0 rings (SSSR count). The molecule has 0 aromatic rings. The Morgan fingerprint density at radius 2 is 2.18 bits per heavy atom. The van der Waals surface area contributed by atoms with E-state index in [0.717, 1.165) is 0 Å². The summed E-state index contributed by atoms with van der Waals surface area (Å²) in [5.74, 6) is -1.84. The van der Waals surface area contributed by atoms with Crippen LogP contribution in [0.15, 0.2) is 12.0 Å². The largest absolute Gasteiger partial charge is 0.511 e. The fourth-order valence-electron chi connectivity index (χ4n) is 0.356. The van der Waals surface area contributed by atoms with Gasteiger partial charge in [-0.15, -0.1) is 0 Å². The maximum atomic E-state index is 10.5. The van der Waals surface area contributed by atoms with Crippen molar-refractivity contribution in [3.8, 4) is 0 Å². The summed E-state index contributed by atoms with van der Waals surface area (Å²) in [5.41, 5.74) is 0. The van der Waals surface area contributed by atoms with Crippen molar-refractivity contribution in [2.45, 2.75) is 6.42 Å². The molecule has 0 aliphatic rings. The zero-order valence-electron chi connectivity index (χ0n) is 5.86. The highest BCUT2D eigenvalue weighted by Gasteiger charge is 2.07. The first-order valence-electron chi connectivity index (χ1n) is 3.03. The van der Waals surface area contributed by atoms with E-state index in [1.165, 1.54) is 0 Å². The Morgan fingerprint density at radius 1 is 1.55 bits per heavy atom. The first-order chi connectivity index (χ1) is 5.22. The van der Waals surface area contributed by atoms with Gasteiger partial charge < -0.3 is 20.1 Å². The minimum atomic E-state index is -0.999. The highest BCUT2D eigenvalue weighted by Crippen LogP contribution is 1.91. The van der Waals surface area contributed by atoms with Crippen LogP contribution < -0.4 is 0 Å². The fourth-order valence-corrected chi connectivity index (χ4v) is 0.356. The number of esters is 1. The quantitative estimate of drug-likeness (QED) is 0.232. The van der Waals surface area contributed by atoms with E-state index in [0.29, 0.717) is 6.42 Å². The first-order valence-corrected chi connectivity index (χ1v) is 3.03. The maximum absolute atomic E-state index is 10.5. The molecule has 64 valence electrons. The fraction of sp³-hybridized carbons (Fsp3) is 0.500. The van der Waals surface area contributed by atoms with Crippen molar-refractivity contribution in [1.82, 2.24) is 0 Å². The van der Waals surface area contributed by atoms with Crippen molar-refractivity contribution in [2.75, 3.05) is 13.2 Å². The molecular weight excluding hydrogens is 152 g/mol. The van der Waals surface area contributed by atoms with Gasteiger partial charge in [-0.1, -0.05) is 0 Å². The van der Waals surface area contributed by atoms with E-state index in [-0.39, 0.29) is 19.5 Å². The van der Waals surface area contributed by atoms with Gasteiger partial charge >= 0.3 is 5.97 Å². The third-order valence-corrected chi connectivity index (χ3v) is 0.867. The summed E-state index contributed by atoms with van der Waals surface area (Å²) in [7, 11) is 0. The molecule has 0 aromatic heterocycles. The van der Waals surface area contributed by atoms with Gasteiger partial charge in [-0.25, -0.2) is 4.79 Å². The van der Waals surface area contributed by atoms with E-state index in [4.69, 9.17) is 15.3 Å². The van der Waals surface area contributed by atoms with E-state index >= 15 is 0 Å². The molecule has 3 N–H and O–H groups in total. The number of rotatable bonds is 4. The molecule has 0 fully saturated rings. The Morgan fingerprint density at radius 3 is 2.64 bits per heavy atom. The molecule has 0 unspecified atom stereocenters. The minimum absolute atomic E-state index is 0.0211. The zero-order chi connectivity index (χ0) is 8.69. The standard InChI is InChI=1S/C6H10O5/c7-2-1-3-11-6(10)5(9)4-8/h4,7-9H,1-3H2. The van der Waals surface area contributed by atoms with Crippen LogP contribution >= 0.6 is 0 Å². The van der Waals surface area contributed by atoms with Gasteiger partial charge in [0.2, 0.25) is 5.76 Å². The maximum Gasteiger partial charge on any atom is 0.376 e. The molecule has 0 atom stereocenters. The lowest BCUT2D eigenvalue weighted by atomic mass is 10.5. The van der Waals surface area contributed by atoms with Gasteiger partial charge in [0.05, 0.1) is 6.61 Å². The molecule has 0 saturated carbocycles. The molecule has 0 amide bonds. The van der Waals surface area contributed by atoms with Crippen molar-refractivity contribution >= 4 is 5.97 Å². The predicted octanol–water partition coefficient (Wildman–Crippen LogP) is -0.131. The summed E-state index contributed by atoms with van der Waals surface area (Å²) >= 11 is 0. The number of carbonyl (C=O) groups is 1. The third-order valence-electron chi connectivity index (χ3n) is 0.867. The van der Waals surface area contributed by atoms with Gasteiger partial charge in [0.15, 0.2) is 0 Å². The predicted molar refractivity (Wildman–Crippen MR) is 36.0 cm³/mol. The number of hydrogen-bond acceptors (Lipinski definition) is 5. The summed E-state index contributed by atoms with van der Waals surface area (Å²) in [6.07, 6.45) is 0.561. The number of aliphatic hydroxyl groups is 3. The van der Waals surface area contributed by atoms with E-state index < -0.39 is 11.7 Å². The Bertz CT molecular complexity index is 151. The van der Waals surface area contributed by atoms with Crippen molar-refractivity contribution in [2.24, 2.45) is 0 Å². The lowest BCUT2D eigenvalue weighted by molar-refractivity contribution is -0.142. The SMILES string of the molecule is O=C(OCCCO)C(O)=CO. The molecule has 5 heteroatoms. The van der Waals surface area contributed by atoms with E-state index in [1.54, 1.807) is 0 Å². The smallest absolute Gasteiger partial charge is 0.376 e. The molecule has 0 radical (unpaired) electrons. The van der Waals surface area contributed by atoms with E-state index in [2.05, 4.69) is 4.74 Å². The monoisotopic (exact) mass is 162 g/mol. The Hall–Kier alpha value is -1.23. The molecule has 0 aromatic carbocycles. The topological polar surface area (TPSA) is 87.0 Å². The van der Waals surface area contributed by atoms with Crippen LogP contribution in [0.1, 0.15) is 6.42 Å². The summed E-state index contributed by atoms with van der Waals surface area (Å²) < 4.78 is 4.36. The molecular formula is C6H10O5. The van der Waals surface area contributed by atoms with Crippen LogP contribution in [-0.2, 0) is 9.53 Å². The van der Waals surface area contributed by atoms with E-state index in [1.807, 2.05) is 0 Å². The summed E-state index contributed by atoms with van der Waals surface area (Å²) in [5, 5.41) is 24.9. The van der Waals surface area contributed by atoms with Crippen LogP contribution in [0.25, 0.3) is 0 Å². The summed E-state index contributed by atoms with van der Waals surface area (Å²) in [6, 6.07) is 0. The second-order valence-corrected chi connectivity index (χ2v) is 1.73. The van der Waals surface area contributed by atoms with E-state index in [9.17, 15) is 4.79 Å². The number of aliphatic hydroxyl groups excluding tert-OH is 3. The van der Waals surface area contributed by atoms with Gasteiger partial charge in [-0.3, -0.25) is 0 Å². The molecule has 11 heavy (non-hydrogen) atoms. The van der Waals surface area contributed by atoms with Gasteiger partial charge in [0.25, 0.3) is 0 Å². The molecule has 0 aliphatic heterocycles. The Labute approximate surface area is 63.5 Å². The second-order valence-electron chi connectivity index (χ2n) is 1.73. The van der Waals surface area contributed by atoms with Gasteiger partial charge in [0.1, 0.15) is 6.26 Å². The van der Waals surface area contributed by atoms with Crippen LogP contribution in [-0.4, -0.2) is 34.5 Å². The molecule has 0 aliphatic carbocycles. The van der Waals surface area contributed by atoms with Gasteiger partial charge in [-0.2, -0.15) is 0 Å². The number of hydrogen-bond donors (Lipinski definition) is 3. The van der Waals surface area contributed by atoms with Crippen LogP contribution in [0.3, 0.4) is 0 Å². The average molecular weight is 162 g/mol. The highest BCUT2D eigenvalue weighted by atomic mass is 16.5. The Kier molecular flexibility index (Phi) is 4.93. The molecule has 5 nitrogen and oxygen atoms in total. The highest BCUT2D eigenvalue weighted by molar-refractivity contribution is 5.85. The summed E-state index contributed by atoms with van der Waals surface area (Å²) in [6.45, 7) is -0.0654.